The van der Waals surface area contributed by atoms with Crippen LogP contribution in [0.1, 0.15) is 55.5 Å². The molecule has 19 heavy (non-hydrogen) atoms. The molecular formula is C16H24ClNO. The molecule has 1 unspecified atom stereocenters. The van der Waals surface area contributed by atoms with Gasteiger partial charge in [0.2, 0.25) is 0 Å². The van der Waals surface area contributed by atoms with Gasteiger partial charge in [-0.05, 0) is 37.0 Å². The summed E-state index contributed by atoms with van der Waals surface area (Å²) in [5, 5.41) is 3.52. The highest BCUT2D eigenvalue weighted by atomic mass is 35.5. The zero-order valence-corrected chi connectivity index (χ0v) is 12.9. The molecule has 0 radical (unpaired) electrons. The normalized spacial score (nSPS) is 12.2. The molecule has 2 nitrogen and oxygen atoms in total. The lowest BCUT2D eigenvalue weighted by Gasteiger charge is -2.15. The van der Waals surface area contributed by atoms with Crippen molar-refractivity contribution >= 4 is 17.5 Å². The minimum atomic E-state index is -0.0695. The van der Waals surface area contributed by atoms with Gasteiger partial charge in [-0.25, -0.2) is 0 Å². The molecule has 0 spiro atoms. The first-order valence-electron chi connectivity index (χ1n) is 7.12. The molecular weight excluding hydrogens is 258 g/mol. The lowest BCUT2D eigenvalue weighted by atomic mass is 9.99. The second-order valence-corrected chi connectivity index (χ2v) is 5.52. The minimum Gasteiger partial charge on any atom is -0.352 e. The number of amides is 1. The van der Waals surface area contributed by atoms with Crippen molar-refractivity contribution in [2.45, 2.75) is 46.5 Å². The van der Waals surface area contributed by atoms with Gasteiger partial charge in [0.25, 0.3) is 5.91 Å². The van der Waals surface area contributed by atoms with E-state index in [2.05, 4.69) is 19.2 Å². The van der Waals surface area contributed by atoms with Crippen molar-refractivity contribution < 1.29 is 4.79 Å². The smallest absolute Gasteiger partial charge is 0.252 e. The van der Waals surface area contributed by atoms with Crippen LogP contribution in [0.5, 0.6) is 0 Å². The summed E-state index contributed by atoms with van der Waals surface area (Å²) in [4.78, 5) is 12.1. The fraction of sp³-hybridized carbons (Fsp3) is 0.562. The highest BCUT2D eigenvalue weighted by Gasteiger charge is 2.12. The average molecular weight is 282 g/mol. The van der Waals surface area contributed by atoms with Crippen molar-refractivity contribution in [2.75, 3.05) is 6.54 Å². The average Bonchev–Trinajstić information content (AvgIpc) is 2.38. The third-order valence-corrected chi connectivity index (χ3v) is 3.78. The van der Waals surface area contributed by atoms with Gasteiger partial charge in [0.05, 0.1) is 10.6 Å². The zero-order chi connectivity index (χ0) is 14.3. The lowest BCUT2D eigenvalue weighted by molar-refractivity contribution is 0.0946. The Morgan fingerprint density at radius 3 is 2.68 bits per heavy atom. The quantitative estimate of drug-likeness (QED) is 0.778. The highest BCUT2D eigenvalue weighted by Crippen LogP contribution is 2.18. The second kappa shape index (κ2) is 8.21. The van der Waals surface area contributed by atoms with E-state index >= 15 is 0 Å². The first kappa shape index (κ1) is 16.0. The van der Waals surface area contributed by atoms with Crippen LogP contribution in [-0.2, 0) is 0 Å². The number of rotatable bonds is 7. The Labute approximate surface area is 121 Å². The summed E-state index contributed by atoms with van der Waals surface area (Å²) in [6.45, 7) is 7.06. The minimum absolute atomic E-state index is 0.0695. The fourth-order valence-corrected chi connectivity index (χ4v) is 2.40. The number of aryl methyl sites for hydroxylation is 1. The summed E-state index contributed by atoms with van der Waals surface area (Å²) in [6, 6.07) is 5.53. The number of carbonyl (C=O) groups is 1. The van der Waals surface area contributed by atoms with Gasteiger partial charge in [-0.3, -0.25) is 4.79 Å². The van der Waals surface area contributed by atoms with Crippen LogP contribution in [0.4, 0.5) is 0 Å². The Morgan fingerprint density at radius 1 is 1.37 bits per heavy atom. The summed E-state index contributed by atoms with van der Waals surface area (Å²) >= 11 is 6.10. The van der Waals surface area contributed by atoms with E-state index in [1.165, 1.54) is 19.3 Å². The Morgan fingerprint density at radius 2 is 2.11 bits per heavy atom. The van der Waals surface area contributed by atoms with Crippen molar-refractivity contribution in [1.29, 1.82) is 0 Å². The van der Waals surface area contributed by atoms with E-state index in [-0.39, 0.29) is 5.91 Å². The van der Waals surface area contributed by atoms with Crippen LogP contribution in [-0.4, -0.2) is 12.5 Å². The molecule has 1 aromatic carbocycles. The predicted octanol–water partition coefficient (Wildman–Crippen LogP) is 4.59. The van der Waals surface area contributed by atoms with Gasteiger partial charge < -0.3 is 5.32 Å². The first-order valence-corrected chi connectivity index (χ1v) is 7.50. The molecule has 3 heteroatoms. The summed E-state index contributed by atoms with van der Waals surface area (Å²) in [5.41, 5.74) is 1.63. The Hall–Kier alpha value is -1.02. The van der Waals surface area contributed by atoms with Crippen LogP contribution in [0, 0.1) is 12.8 Å². The molecule has 1 amide bonds. The number of halogens is 1. The number of hydrogen-bond acceptors (Lipinski definition) is 1. The molecule has 1 atom stereocenters. The maximum atomic E-state index is 12.1. The van der Waals surface area contributed by atoms with Gasteiger partial charge in [0, 0.05) is 6.54 Å². The highest BCUT2D eigenvalue weighted by molar-refractivity contribution is 6.33. The van der Waals surface area contributed by atoms with E-state index in [0.717, 1.165) is 18.5 Å². The van der Waals surface area contributed by atoms with E-state index in [1.807, 2.05) is 19.1 Å². The van der Waals surface area contributed by atoms with Crippen LogP contribution in [0.15, 0.2) is 18.2 Å². The molecule has 1 rings (SSSR count). The summed E-state index contributed by atoms with van der Waals surface area (Å²) < 4.78 is 0. The first-order chi connectivity index (χ1) is 9.08. The Kier molecular flexibility index (Phi) is 6.93. The lowest BCUT2D eigenvalue weighted by Crippen LogP contribution is -2.29. The Balaban J connectivity index is 2.54. The van der Waals surface area contributed by atoms with Gasteiger partial charge in [-0.15, -0.1) is 0 Å². The monoisotopic (exact) mass is 281 g/mol. The van der Waals surface area contributed by atoms with Crippen molar-refractivity contribution in [2.24, 2.45) is 5.92 Å². The number of unbranched alkanes of at least 4 members (excludes halogenated alkanes) is 1. The molecule has 0 saturated heterocycles. The van der Waals surface area contributed by atoms with E-state index < -0.39 is 0 Å². The van der Waals surface area contributed by atoms with Crippen molar-refractivity contribution in [3.05, 3.63) is 34.3 Å². The fourth-order valence-electron chi connectivity index (χ4n) is 2.08. The SMILES string of the molecule is CCCCC(CC)CNC(=O)c1ccc(C)cc1Cl. The van der Waals surface area contributed by atoms with Crippen molar-refractivity contribution in [3.63, 3.8) is 0 Å². The summed E-state index contributed by atoms with van der Waals surface area (Å²) in [7, 11) is 0. The maximum Gasteiger partial charge on any atom is 0.252 e. The van der Waals surface area contributed by atoms with Gasteiger partial charge in [-0.2, -0.15) is 0 Å². The van der Waals surface area contributed by atoms with Crippen molar-refractivity contribution in [3.8, 4) is 0 Å². The van der Waals surface area contributed by atoms with E-state index in [1.54, 1.807) is 6.07 Å². The van der Waals surface area contributed by atoms with Gasteiger partial charge in [0.15, 0.2) is 0 Å². The molecule has 106 valence electrons. The standard InChI is InChI=1S/C16H24ClNO/c1-4-6-7-13(5-2)11-18-16(19)14-9-8-12(3)10-15(14)17/h8-10,13H,4-7,11H2,1-3H3,(H,18,19). The second-order valence-electron chi connectivity index (χ2n) is 5.11. The number of carbonyl (C=O) groups excluding carboxylic acids is 1. The molecule has 0 aliphatic heterocycles. The zero-order valence-electron chi connectivity index (χ0n) is 12.1. The van der Waals surface area contributed by atoms with Crippen LogP contribution < -0.4 is 5.32 Å². The Bertz CT molecular complexity index is 417. The maximum absolute atomic E-state index is 12.1. The van der Waals surface area contributed by atoms with Crippen LogP contribution >= 0.6 is 11.6 Å². The van der Waals surface area contributed by atoms with Crippen LogP contribution in [0.3, 0.4) is 0 Å². The third kappa shape index (κ3) is 5.23. The predicted molar refractivity (Wildman–Crippen MR) is 81.8 cm³/mol. The number of benzene rings is 1. The third-order valence-electron chi connectivity index (χ3n) is 3.46. The van der Waals surface area contributed by atoms with Gasteiger partial charge in [0.1, 0.15) is 0 Å². The summed E-state index contributed by atoms with van der Waals surface area (Å²) in [5.74, 6) is 0.494. The molecule has 0 fully saturated rings. The molecule has 0 aliphatic rings. The van der Waals surface area contributed by atoms with Crippen LogP contribution in [0.25, 0.3) is 0 Å². The number of hydrogen-bond donors (Lipinski definition) is 1. The molecule has 0 saturated carbocycles. The topological polar surface area (TPSA) is 29.1 Å². The van der Waals surface area contributed by atoms with Crippen molar-refractivity contribution in [1.82, 2.24) is 5.32 Å². The molecule has 0 heterocycles. The van der Waals surface area contributed by atoms with Crippen LogP contribution in [0.2, 0.25) is 5.02 Å². The molecule has 0 aliphatic carbocycles. The molecule has 1 aromatic rings. The number of nitrogens with one attached hydrogen (secondary N) is 1. The van der Waals surface area contributed by atoms with E-state index in [4.69, 9.17) is 11.6 Å². The molecule has 0 aromatic heterocycles. The molecule has 1 N–H and O–H groups in total. The van der Waals surface area contributed by atoms with E-state index in [0.29, 0.717) is 16.5 Å². The van der Waals surface area contributed by atoms with Gasteiger partial charge in [-0.1, -0.05) is 50.8 Å². The summed E-state index contributed by atoms with van der Waals surface area (Å²) in [6.07, 6.45) is 4.70. The van der Waals surface area contributed by atoms with E-state index in [9.17, 15) is 4.79 Å². The largest absolute Gasteiger partial charge is 0.352 e. The molecule has 0 bridgehead atoms. The van der Waals surface area contributed by atoms with Gasteiger partial charge >= 0.3 is 0 Å².